The summed E-state index contributed by atoms with van der Waals surface area (Å²) < 4.78 is 5.24. The molecular weight excluding hydrogens is 214 g/mol. The molecule has 0 radical (unpaired) electrons. The van der Waals surface area contributed by atoms with Crippen molar-refractivity contribution in [2.45, 2.75) is 19.4 Å². The molecule has 4 nitrogen and oxygen atoms in total. The first-order chi connectivity index (χ1) is 8.28. The lowest BCUT2D eigenvalue weighted by Gasteiger charge is -2.32. The Kier molecular flexibility index (Phi) is 4.34. The van der Waals surface area contributed by atoms with Crippen LogP contribution in [0, 0.1) is 5.92 Å². The van der Waals surface area contributed by atoms with E-state index in [1.165, 1.54) is 24.9 Å². The molecule has 0 aliphatic carbocycles. The zero-order valence-corrected chi connectivity index (χ0v) is 10.4. The lowest BCUT2D eigenvalue weighted by Crippen LogP contribution is -2.36. The quantitative estimate of drug-likeness (QED) is 0.859. The number of nitrogens with zero attached hydrogens (tertiary/aromatic N) is 2. The predicted octanol–water partition coefficient (Wildman–Crippen LogP) is 1.52. The molecule has 0 bridgehead atoms. The van der Waals surface area contributed by atoms with E-state index in [4.69, 9.17) is 10.5 Å². The van der Waals surface area contributed by atoms with Crippen molar-refractivity contribution in [3.8, 4) is 0 Å². The predicted molar refractivity (Wildman–Crippen MR) is 68.5 cm³/mol. The number of aromatic nitrogens is 1. The standard InChI is InChI=1S/C13H21N3O/c1-17-10-12-3-2-6-16(9-12)8-11-4-5-13(14)15-7-11/h4-5,7,12H,2-3,6,8-10H2,1H3,(H2,14,15). The van der Waals surface area contributed by atoms with Crippen LogP contribution in [0.3, 0.4) is 0 Å². The molecule has 0 saturated carbocycles. The van der Waals surface area contributed by atoms with Gasteiger partial charge in [0.1, 0.15) is 5.82 Å². The first kappa shape index (κ1) is 12.3. The molecule has 0 aromatic carbocycles. The van der Waals surface area contributed by atoms with Gasteiger partial charge in [-0.15, -0.1) is 0 Å². The number of ether oxygens (including phenoxy) is 1. The number of piperidine rings is 1. The Balaban J connectivity index is 1.87. The van der Waals surface area contributed by atoms with E-state index in [0.717, 1.165) is 19.7 Å². The third-order valence-electron chi connectivity index (χ3n) is 3.26. The average Bonchev–Trinajstić information content (AvgIpc) is 2.33. The molecule has 1 atom stereocenters. The van der Waals surface area contributed by atoms with Gasteiger partial charge in [-0.05, 0) is 36.9 Å². The number of anilines is 1. The van der Waals surface area contributed by atoms with Crippen molar-refractivity contribution < 1.29 is 4.74 Å². The Bertz CT molecular complexity index is 337. The Hall–Kier alpha value is -1.13. The number of nitrogen functional groups attached to an aromatic ring is 1. The fraction of sp³-hybridized carbons (Fsp3) is 0.615. The number of likely N-dealkylation sites (tertiary alicyclic amines) is 1. The zero-order chi connectivity index (χ0) is 12.1. The zero-order valence-electron chi connectivity index (χ0n) is 10.4. The summed E-state index contributed by atoms with van der Waals surface area (Å²) in [5.74, 6) is 1.26. The van der Waals surface area contributed by atoms with Gasteiger partial charge in [-0.3, -0.25) is 4.90 Å². The second kappa shape index (κ2) is 5.98. The van der Waals surface area contributed by atoms with E-state index >= 15 is 0 Å². The van der Waals surface area contributed by atoms with Gasteiger partial charge in [0.15, 0.2) is 0 Å². The molecule has 4 heteroatoms. The first-order valence-corrected chi connectivity index (χ1v) is 6.19. The SMILES string of the molecule is COCC1CCCN(Cc2ccc(N)nc2)C1. The first-order valence-electron chi connectivity index (χ1n) is 6.19. The van der Waals surface area contributed by atoms with Crippen molar-refractivity contribution >= 4 is 5.82 Å². The molecule has 17 heavy (non-hydrogen) atoms. The van der Waals surface area contributed by atoms with Crippen LogP contribution in [0.25, 0.3) is 0 Å². The highest BCUT2D eigenvalue weighted by Crippen LogP contribution is 2.18. The van der Waals surface area contributed by atoms with E-state index in [2.05, 4.69) is 16.0 Å². The van der Waals surface area contributed by atoms with Crippen molar-refractivity contribution in [3.05, 3.63) is 23.9 Å². The summed E-state index contributed by atoms with van der Waals surface area (Å²) in [4.78, 5) is 6.60. The second-order valence-electron chi connectivity index (χ2n) is 4.79. The van der Waals surface area contributed by atoms with Gasteiger partial charge in [0, 0.05) is 26.4 Å². The lowest BCUT2D eigenvalue weighted by molar-refractivity contribution is 0.0873. The molecular formula is C13H21N3O. The molecule has 1 aromatic rings. The van der Waals surface area contributed by atoms with Gasteiger partial charge in [0.25, 0.3) is 0 Å². The molecule has 2 rings (SSSR count). The summed E-state index contributed by atoms with van der Waals surface area (Å²) >= 11 is 0. The van der Waals surface area contributed by atoms with E-state index in [9.17, 15) is 0 Å². The monoisotopic (exact) mass is 235 g/mol. The Morgan fingerprint density at radius 3 is 3.12 bits per heavy atom. The molecule has 94 valence electrons. The third-order valence-corrected chi connectivity index (χ3v) is 3.26. The Labute approximate surface area is 103 Å². The molecule has 1 saturated heterocycles. The number of pyridine rings is 1. The van der Waals surface area contributed by atoms with Crippen molar-refractivity contribution in [1.29, 1.82) is 0 Å². The molecule has 0 spiro atoms. The van der Waals surface area contributed by atoms with E-state index < -0.39 is 0 Å². The van der Waals surface area contributed by atoms with Gasteiger partial charge >= 0.3 is 0 Å². The third kappa shape index (κ3) is 3.68. The maximum absolute atomic E-state index is 5.58. The smallest absolute Gasteiger partial charge is 0.123 e. The fourth-order valence-corrected chi connectivity index (χ4v) is 2.45. The highest BCUT2D eigenvalue weighted by atomic mass is 16.5. The van der Waals surface area contributed by atoms with Gasteiger partial charge in [0.2, 0.25) is 0 Å². The lowest BCUT2D eigenvalue weighted by atomic mass is 9.98. The minimum absolute atomic E-state index is 0.588. The van der Waals surface area contributed by atoms with Gasteiger partial charge in [-0.1, -0.05) is 6.07 Å². The summed E-state index contributed by atoms with van der Waals surface area (Å²) in [6.45, 7) is 4.13. The largest absolute Gasteiger partial charge is 0.384 e. The van der Waals surface area contributed by atoms with Gasteiger partial charge in [0.05, 0.1) is 6.61 Å². The molecule has 1 fully saturated rings. The minimum Gasteiger partial charge on any atom is -0.384 e. The van der Waals surface area contributed by atoms with Crippen LogP contribution >= 0.6 is 0 Å². The molecule has 1 aliphatic heterocycles. The molecule has 0 amide bonds. The summed E-state index contributed by atoms with van der Waals surface area (Å²) in [7, 11) is 1.78. The highest BCUT2D eigenvalue weighted by Gasteiger charge is 2.19. The number of nitrogens with two attached hydrogens (primary N) is 1. The van der Waals surface area contributed by atoms with Crippen molar-refractivity contribution in [2.24, 2.45) is 5.92 Å². The van der Waals surface area contributed by atoms with E-state index in [-0.39, 0.29) is 0 Å². The number of hydrogen-bond donors (Lipinski definition) is 1. The fourth-order valence-electron chi connectivity index (χ4n) is 2.45. The topological polar surface area (TPSA) is 51.4 Å². The minimum atomic E-state index is 0.588. The van der Waals surface area contributed by atoms with Crippen LogP contribution in [-0.4, -0.2) is 36.7 Å². The van der Waals surface area contributed by atoms with Crippen LogP contribution in [-0.2, 0) is 11.3 Å². The molecule has 1 unspecified atom stereocenters. The van der Waals surface area contributed by atoms with Gasteiger partial charge in [-0.25, -0.2) is 4.98 Å². The van der Waals surface area contributed by atoms with Crippen molar-refractivity contribution in [2.75, 3.05) is 32.5 Å². The summed E-state index contributed by atoms with van der Waals surface area (Å²) in [6, 6.07) is 3.92. The average molecular weight is 235 g/mol. The van der Waals surface area contributed by atoms with Crippen LogP contribution < -0.4 is 5.73 Å². The summed E-state index contributed by atoms with van der Waals surface area (Å²) in [5, 5.41) is 0. The van der Waals surface area contributed by atoms with Crippen molar-refractivity contribution in [3.63, 3.8) is 0 Å². The highest BCUT2D eigenvalue weighted by molar-refractivity contribution is 5.29. The van der Waals surface area contributed by atoms with Crippen LogP contribution in [0.2, 0.25) is 0 Å². The van der Waals surface area contributed by atoms with E-state index in [1.54, 1.807) is 7.11 Å². The maximum Gasteiger partial charge on any atom is 0.123 e. The van der Waals surface area contributed by atoms with Crippen LogP contribution in [0.15, 0.2) is 18.3 Å². The van der Waals surface area contributed by atoms with E-state index in [0.29, 0.717) is 11.7 Å². The van der Waals surface area contributed by atoms with Crippen molar-refractivity contribution in [1.82, 2.24) is 9.88 Å². The molecule has 1 aromatic heterocycles. The van der Waals surface area contributed by atoms with Gasteiger partial charge < -0.3 is 10.5 Å². The molecule has 1 aliphatic rings. The maximum atomic E-state index is 5.58. The summed E-state index contributed by atoms with van der Waals surface area (Å²) in [6.07, 6.45) is 4.41. The number of methoxy groups -OCH3 is 1. The van der Waals surface area contributed by atoms with Gasteiger partial charge in [-0.2, -0.15) is 0 Å². The molecule has 2 heterocycles. The number of rotatable bonds is 4. The second-order valence-corrected chi connectivity index (χ2v) is 4.79. The number of hydrogen-bond acceptors (Lipinski definition) is 4. The van der Waals surface area contributed by atoms with E-state index in [1.807, 2.05) is 12.3 Å². The normalized spacial score (nSPS) is 21.6. The van der Waals surface area contributed by atoms with Crippen LogP contribution in [0.1, 0.15) is 18.4 Å². The van der Waals surface area contributed by atoms with Crippen LogP contribution in [0.4, 0.5) is 5.82 Å². The Morgan fingerprint density at radius 1 is 1.53 bits per heavy atom. The summed E-state index contributed by atoms with van der Waals surface area (Å²) in [5.41, 5.74) is 6.81. The van der Waals surface area contributed by atoms with Crippen LogP contribution in [0.5, 0.6) is 0 Å². The Morgan fingerprint density at radius 2 is 2.41 bits per heavy atom. The molecule has 2 N–H and O–H groups in total.